The van der Waals surface area contributed by atoms with Crippen LogP contribution in [0.1, 0.15) is 31.7 Å². The predicted molar refractivity (Wildman–Crippen MR) is 93.4 cm³/mol. The summed E-state index contributed by atoms with van der Waals surface area (Å²) in [5.74, 6) is 0. The monoisotopic (exact) mass is 323 g/mol. The number of piperazine rings is 1. The van der Waals surface area contributed by atoms with Crippen LogP contribution in [-0.4, -0.2) is 41.6 Å². The van der Waals surface area contributed by atoms with E-state index >= 15 is 0 Å². The molecule has 2 heterocycles. The molecule has 2 atom stereocenters. The van der Waals surface area contributed by atoms with E-state index in [-0.39, 0.29) is 0 Å². The van der Waals surface area contributed by atoms with E-state index in [4.69, 9.17) is 29.6 Å². The Morgan fingerprint density at radius 2 is 2.14 bits per heavy atom. The molecule has 0 bridgehead atoms. The van der Waals surface area contributed by atoms with Gasteiger partial charge in [0.2, 0.25) is 0 Å². The molecule has 21 heavy (non-hydrogen) atoms. The Hall–Kier alpha value is -0.840. The number of thiocarbonyl (C=S) groups is 1. The lowest BCUT2D eigenvalue weighted by Crippen LogP contribution is -2.58. The Bertz CT molecular complexity index is 548. The van der Waals surface area contributed by atoms with Crippen LogP contribution in [0.25, 0.3) is 0 Å². The van der Waals surface area contributed by atoms with Crippen molar-refractivity contribution in [2.24, 2.45) is 5.73 Å². The van der Waals surface area contributed by atoms with Crippen LogP contribution in [0.5, 0.6) is 0 Å². The maximum absolute atomic E-state index is 6.48. The third kappa shape index (κ3) is 3.03. The lowest BCUT2D eigenvalue weighted by molar-refractivity contribution is 0.115. The first-order chi connectivity index (χ1) is 10.1. The zero-order chi connectivity index (χ0) is 15.0. The second kappa shape index (κ2) is 6.11. The molecule has 0 spiro atoms. The van der Waals surface area contributed by atoms with Gasteiger partial charge in [-0.2, -0.15) is 0 Å². The molecule has 5 heteroatoms. The predicted octanol–water partition coefficient (Wildman–Crippen LogP) is 3.04. The van der Waals surface area contributed by atoms with Gasteiger partial charge in [-0.1, -0.05) is 30.2 Å². The standard InChI is InChI=1S/C16H22ClN3S/c1-11-9-19-7-3-2-4-13(19)10-20(11)15-6-5-12(16(18)21)8-14(15)17/h5-6,8,11,13H,2-4,7,9-10H2,1H3,(H2,18,21). The average molecular weight is 324 g/mol. The van der Waals surface area contributed by atoms with E-state index < -0.39 is 0 Å². The summed E-state index contributed by atoms with van der Waals surface area (Å²) in [5.41, 5.74) is 7.62. The van der Waals surface area contributed by atoms with E-state index in [1.807, 2.05) is 12.1 Å². The summed E-state index contributed by atoms with van der Waals surface area (Å²) in [6, 6.07) is 7.07. The molecule has 114 valence electrons. The molecule has 0 aromatic heterocycles. The van der Waals surface area contributed by atoms with Gasteiger partial charge in [0.25, 0.3) is 0 Å². The third-order valence-corrected chi connectivity index (χ3v) is 5.27. The molecule has 1 aromatic rings. The maximum atomic E-state index is 6.48. The topological polar surface area (TPSA) is 32.5 Å². The summed E-state index contributed by atoms with van der Waals surface area (Å²) in [7, 11) is 0. The van der Waals surface area contributed by atoms with Gasteiger partial charge in [-0.15, -0.1) is 0 Å². The van der Waals surface area contributed by atoms with Gasteiger partial charge in [0.15, 0.2) is 0 Å². The number of piperidine rings is 1. The van der Waals surface area contributed by atoms with Gasteiger partial charge in [-0.3, -0.25) is 4.90 Å². The van der Waals surface area contributed by atoms with Crippen LogP contribution < -0.4 is 10.6 Å². The Morgan fingerprint density at radius 1 is 1.33 bits per heavy atom. The quantitative estimate of drug-likeness (QED) is 0.848. The van der Waals surface area contributed by atoms with Gasteiger partial charge < -0.3 is 10.6 Å². The number of hydrogen-bond acceptors (Lipinski definition) is 3. The molecule has 3 nitrogen and oxygen atoms in total. The highest BCUT2D eigenvalue weighted by atomic mass is 35.5. The van der Waals surface area contributed by atoms with Gasteiger partial charge in [0.05, 0.1) is 10.7 Å². The summed E-state index contributed by atoms with van der Waals surface area (Å²) in [5, 5.41) is 0.747. The van der Waals surface area contributed by atoms with Gasteiger partial charge in [-0.25, -0.2) is 0 Å². The molecule has 2 N–H and O–H groups in total. The minimum absolute atomic E-state index is 0.397. The van der Waals surface area contributed by atoms with Crippen molar-refractivity contribution in [2.75, 3.05) is 24.5 Å². The van der Waals surface area contributed by atoms with Crippen molar-refractivity contribution in [3.63, 3.8) is 0 Å². The van der Waals surface area contributed by atoms with Crippen LogP contribution in [-0.2, 0) is 0 Å². The first-order valence-electron chi connectivity index (χ1n) is 7.66. The molecule has 3 rings (SSSR count). The minimum Gasteiger partial charge on any atom is -0.389 e. The van der Waals surface area contributed by atoms with Crippen molar-refractivity contribution in [1.82, 2.24) is 4.90 Å². The Kier molecular flexibility index (Phi) is 4.38. The number of nitrogens with zero attached hydrogens (tertiary/aromatic N) is 2. The number of benzene rings is 1. The third-order valence-electron chi connectivity index (χ3n) is 4.73. The van der Waals surface area contributed by atoms with Crippen molar-refractivity contribution in [3.05, 3.63) is 28.8 Å². The van der Waals surface area contributed by atoms with Gasteiger partial charge >= 0.3 is 0 Å². The smallest absolute Gasteiger partial charge is 0.104 e. The lowest BCUT2D eigenvalue weighted by Gasteiger charge is -2.48. The first kappa shape index (κ1) is 15.1. The molecule has 0 radical (unpaired) electrons. The largest absolute Gasteiger partial charge is 0.389 e. The maximum Gasteiger partial charge on any atom is 0.104 e. The number of hydrogen-bond donors (Lipinski definition) is 1. The lowest BCUT2D eigenvalue weighted by atomic mass is 9.96. The van der Waals surface area contributed by atoms with E-state index in [2.05, 4.69) is 22.8 Å². The average Bonchev–Trinajstić information content (AvgIpc) is 2.46. The van der Waals surface area contributed by atoms with Crippen molar-refractivity contribution < 1.29 is 0 Å². The minimum atomic E-state index is 0.397. The van der Waals surface area contributed by atoms with Crippen LogP contribution in [0.4, 0.5) is 5.69 Å². The highest BCUT2D eigenvalue weighted by Gasteiger charge is 2.33. The fourth-order valence-corrected chi connectivity index (χ4v) is 4.00. The number of fused-ring (bicyclic) bond motifs is 1. The molecular formula is C16H22ClN3S. The van der Waals surface area contributed by atoms with E-state index in [1.165, 1.54) is 25.8 Å². The molecule has 0 amide bonds. The zero-order valence-electron chi connectivity index (χ0n) is 12.4. The summed E-state index contributed by atoms with van der Waals surface area (Å²) in [6.45, 7) is 5.71. The summed E-state index contributed by atoms with van der Waals surface area (Å²) in [6.07, 6.45) is 3.98. The molecule has 2 aliphatic heterocycles. The Labute approximate surface area is 137 Å². The SMILES string of the molecule is CC1CN2CCCCC2CN1c1ccc(C(N)=S)cc1Cl. The van der Waals surface area contributed by atoms with Crippen LogP contribution >= 0.6 is 23.8 Å². The van der Waals surface area contributed by atoms with Gasteiger partial charge in [-0.05, 0) is 44.5 Å². The Balaban J connectivity index is 1.84. The molecule has 0 saturated carbocycles. The Morgan fingerprint density at radius 3 is 2.86 bits per heavy atom. The highest BCUT2D eigenvalue weighted by Crippen LogP contribution is 2.33. The van der Waals surface area contributed by atoms with E-state index in [9.17, 15) is 0 Å². The molecule has 0 aliphatic carbocycles. The van der Waals surface area contributed by atoms with Crippen LogP contribution in [0, 0.1) is 0 Å². The number of anilines is 1. The second-order valence-electron chi connectivity index (χ2n) is 6.18. The molecule has 2 aliphatic rings. The van der Waals surface area contributed by atoms with Gasteiger partial charge in [0.1, 0.15) is 4.99 Å². The number of rotatable bonds is 2. The van der Waals surface area contributed by atoms with E-state index in [0.717, 1.165) is 29.4 Å². The normalized spacial score (nSPS) is 26.5. The molecule has 2 fully saturated rings. The number of halogens is 1. The fraction of sp³-hybridized carbons (Fsp3) is 0.562. The summed E-state index contributed by atoms with van der Waals surface area (Å²) < 4.78 is 0. The molecule has 2 unspecified atom stereocenters. The zero-order valence-corrected chi connectivity index (χ0v) is 14.0. The van der Waals surface area contributed by atoms with Gasteiger partial charge in [0, 0.05) is 30.7 Å². The van der Waals surface area contributed by atoms with E-state index in [1.54, 1.807) is 0 Å². The first-order valence-corrected chi connectivity index (χ1v) is 8.45. The van der Waals surface area contributed by atoms with Crippen LogP contribution in [0.2, 0.25) is 5.02 Å². The summed E-state index contributed by atoms with van der Waals surface area (Å²) in [4.78, 5) is 5.48. The molecule has 1 aromatic carbocycles. The van der Waals surface area contributed by atoms with Crippen molar-refractivity contribution >= 4 is 34.5 Å². The van der Waals surface area contributed by atoms with Crippen LogP contribution in [0.15, 0.2) is 18.2 Å². The van der Waals surface area contributed by atoms with Crippen molar-refractivity contribution in [1.29, 1.82) is 0 Å². The van der Waals surface area contributed by atoms with Crippen LogP contribution in [0.3, 0.4) is 0 Å². The highest BCUT2D eigenvalue weighted by molar-refractivity contribution is 7.80. The van der Waals surface area contributed by atoms with Crippen molar-refractivity contribution in [2.45, 2.75) is 38.3 Å². The molecule has 2 saturated heterocycles. The number of nitrogens with two attached hydrogens (primary N) is 1. The fourth-order valence-electron chi connectivity index (χ4n) is 3.58. The molecular weight excluding hydrogens is 302 g/mol. The second-order valence-corrected chi connectivity index (χ2v) is 7.02. The summed E-state index contributed by atoms with van der Waals surface area (Å²) >= 11 is 11.5. The van der Waals surface area contributed by atoms with E-state index in [0.29, 0.717) is 17.1 Å². The van der Waals surface area contributed by atoms with Crippen molar-refractivity contribution in [3.8, 4) is 0 Å².